The van der Waals surface area contributed by atoms with Gasteiger partial charge in [0.15, 0.2) is 0 Å². The number of rotatable bonds is 2. The molecule has 0 amide bonds. The Hall–Kier alpha value is -1.70. The van der Waals surface area contributed by atoms with E-state index in [0.29, 0.717) is 24.2 Å². The average Bonchev–Trinajstić information content (AvgIpc) is 2.58. The Morgan fingerprint density at radius 3 is 2.94 bits per heavy atom. The summed E-state index contributed by atoms with van der Waals surface area (Å²) >= 11 is 0. The predicted octanol–water partition coefficient (Wildman–Crippen LogP) is 2.51. The van der Waals surface area contributed by atoms with Crippen molar-refractivity contribution in [3.8, 4) is 6.07 Å². The van der Waals surface area contributed by atoms with Crippen LogP contribution in [0, 0.1) is 17.2 Å². The van der Waals surface area contributed by atoms with Gasteiger partial charge < -0.3 is 5.73 Å². The second-order valence-corrected chi connectivity index (χ2v) is 4.55. The van der Waals surface area contributed by atoms with Crippen molar-refractivity contribution in [2.45, 2.75) is 31.6 Å². The Labute approximate surface area is 98.3 Å². The second kappa shape index (κ2) is 4.28. The molecule has 0 radical (unpaired) electrons. The van der Waals surface area contributed by atoms with E-state index in [1.807, 2.05) is 6.07 Å². The summed E-state index contributed by atoms with van der Waals surface area (Å²) < 4.78 is 26.1. The van der Waals surface area contributed by atoms with E-state index in [-0.39, 0.29) is 18.8 Å². The van der Waals surface area contributed by atoms with Gasteiger partial charge in [-0.1, -0.05) is 0 Å². The zero-order valence-electron chi connectivity index (χ0n) is 9.29. The topological polar surface area (TPSA) is 62.7 Å². The number of pyridine rings is 1. The molecule has 0 bridgehead atoms. The lowest BCUT2D eigenvalue weighted by atomic mass is 9.96. The third kappa shape index (κ3) is 2.70. The van der Waals surface area contributed by atoms with E-state index in [0.717, 1.165) is 5.56 Å². The number of hydrogen-bond donors (Lipinski definition) is 1. The molecule has 1 atom stereocenters. The van der Waals surface area contributed by atoms with E-state index in [2.05, 4.69) is 4.98 Å². The summed E-state index contributed by atoms with van der Waals surface area (Å²) in [6.07, 6.45) is 2.23. The summed E-state index contributed by atoms with van der Waals surface area (Å²) in [4.78, 5) is 3.82. The maximum absolute atomic E-state index is 13.1. The molecule has 0 saturated heterocycles. The standard InChI is InChI=1S/C12H13F2N3/c13-12(14)2-1-8(5-12)3-9-4-11(16)17-7-10(9)6-15/h4,7-8H,1-3,5H2,(H2,16,17). The Balaban J connectivity index is 2.14. The lowest BCUT2D eigenvalue weighted by molar-refractivity contribution is 0.00508. The van der Waals surface area contributed by atoms with Crippen molar-refractivity contribution in [1.82, 2.24) is 4.98 Å². The number of aromatic nitrogens is 1. The summed E-state index contributed by atoms with van der Waals surface area (Å²) in [6.45, 7) is 0. The molecule has 1 aromatic rings. The van der Waals surface area contributed by atoms with Crippen LogP contribution >= 0.6 is 0 Å². The maximum Gasteiger partial charge on any atom is 0.248 e. The van der Waals surface area contributed by atoms with E-state index >= 15 is 0 Å². The molecule has 0 aliphatic heterocycles. The number of nitrogens with two attached hydrogens (primary N) is 1. The molecule has 3 nitrogen and oxygen atoms in total. The van der Waals surface area contributed by atoms with Crippen molar-refractivity contribution in [2.75, 3.05) is 5.73 Å². The van der Waals surface area contributed by atoms with Gasteiger partial charge in [-0.2, -0.15) is 5.26 Å². The largest absolute Gasteiger partial charge is 0.384 e. The quantitative estimate of drug-likeness (QED) is 0.859. The van der Waals surface area contributed by atoms with Gasteiger partial charge in [0, 0.05) is 19.0 Å². The normalized spacial score (nSPS) is 22.3. The number of halogens is 2. The molecule has 2 rings (SSSR count). The van der Waals surface area contributed by atoms with Crippen LogP contribution in [0.2, 0.25) is 0 Å². The van der Waals surface area contributed by atoms with Crippen LogP contribution in [0.1, 0.15) is 30.4 Å². The van der Waals surface area contributed by atoms with Gasteiger partial charge in [-0.05, 0) is 30.4 Å². The summed E-state index contributed by atoms with van der Waals surface area (Å²) in [7, 11) is 0. The van der Waals surface area contributed by atoms with Crippen LogP contribution in [0.4, 0.5) is 14.6 Å². The highest BCUT2D eigenvalue weighted by Crippen LogP contribution is 2.40. The number of hydrogen-bond acceptors (Lipinski definition) is 3. The summed E-state index contributed by atoms with van der Waals surface area (Å²) in [5, 5.41) is 8.91. The Morgan fingerprint density at radius 1 is 1.59 bits per heavy atom. The highest BCUT2D eigenvalue weighted by molar-refractivity contribution is 5.43. The van der Waals surface area contributed by atoms with Gasteiger partial charge in [-0.3, -0.25) is 0 Å². The molecular weight excluding hydrogens is 224 g/mol. The zero-order chi connectivity index (χ0) is 12.5. The maximum atomic E-state index is 13.1. The van der Waals surface area contributed by atoms with Gasteiger partial charge in [0.25, 0.3) is 0 Å². The zero-order valence-corrected chi connectivity index (χ0v) is 9.29. The number of nitrogen functional groups attached to an aromatic ring is 1. The third-order valence-electron chi connectivity index (χ3n) is 3.15. The van der Waals surface area contributed by atoms with E-state index in [1.165, 1.54) is 6.20 Å². The van der Waals surface area contributed by atoms with E-state index in [1.54, 1.807) is 6.07 Å². The first-order chi connectivity index (χ1) is 8.00. The minimum atomic E-state index is -2.55. The van der Waals surface area contributed by atoms with E-state index in [4.69, 9.17) is 11.0 Å². The van der Waals surface area contributed by atoms with Crippen LogP contribution in [-0.4, -0.2) is 10.9 Å². The van der Waals surface area contributed by atoms with Crippen molar-refractivity contribution < 1.29 is 8.78 Å². The second-order valence-electron chi connectivity index (χ2n) is 4.55. The predicted molar refractivity (Wildman–Crippen MR) is 59.4 cm³/mol. The Morgan fingerprint density at radius 2 is 2.35 bits per heavy atom. The lowest BCUT2D eigenvalue weighted by Gasteiger charge is -2.11. The van der Waals surface area contributed by atoms with E-state index in [9.17, 15) is 8.78 Å². The van der Waals surface area contributed by atoms with Crippen molar-refractivity contribution in [1.29, 1.82) is 5.26 Å². The summed E-state index contributed by atoms with van der Waals surface area (Å²) in [6, 6.07) is 3.62. The highest BCUT2D eigenvalue weighted by Gasteiger charge is 2.39. The van der Waals surface area contributed by atoms with Crippen molar-refractivity contribution in [2.24, 2.45) is 5.92 Å². The number of nitriles is 1. The van der Waals surface area contributed by atoms with Crippen molar-refractivity contribution in [3.05, 3.63) is 23.4 Å². The van der Waals surface area contributed by atoms with Crippen molar-refractivity contribution in [3.63, 3.8) is 0 Å². The fraction of sp³-hybridized carbons (Fsp3) is 0.500. The van der Waals surface area contributed by atoms with Gasteiger partial charge in [-0.15, -0.1) is 0 Å². The molecule has 1 aliphatic carbocycles. The van der Waals surface area contributed by atoms with Gasteiger partial charge >= 0.3 is 0 Å². The number of anilines is 1. The fourth-order valence-corrected chi connectivity index (χ4v) is 2.31. The third-order valence-corrected chi connectivity index (χ3v) is 3.15. The number of nitrogens with zero attached hydrogens (tertiary/aromatic N) is 2. The Kier molecular flexibility index (Phi) is 2.97. The first kappa shape index (κ1) is 11.8. The molecule has 0 aromatic carbocycles. The molecule has 1 saturated carbocycles. The molecule has 1 heterocycles. The molecule has 1 aromatic heterocycles. The minimum absolute atomic E-state index is 0.0554. The summed E-state index contributed by atoms with van der Waals surface area (Å²) in [5.41, 5.74) is 6.69. The SMILES string of the molecule is N#Cc1cnc(N)cc1CC1CCC(F)(F)C1. The molecule has 90 valence electrons. The molecule has 0 spiro atoms. The molecule has 1 fully saturated rings. The monoisotopic (exact) mass is 237 g/mol. The summed E-state index contributed by atoms with van der Waals surface area (Å²) in [5.74, 6) is -2.29. The molecule has 1 unspecified atom stereocenters. The van der Waals surface area contributed by atoms with Crippen molar-refractivity contribution >= 4 is 5.82 Å². The number of alkyl halides is 2. The molecule has 17 heavy (non-hydrogen) atoms. The molecule has 1 aliphatic rings. The molecule has 2 N–H and O–H groups in total. The van der Waals surface area contributed by atoms with Crippen LogP contribution < -0.4 is 5.73 Å². The highest BCUT2D eigenvalue weighted by atomic mass is 19.3. The van der Waals surface area contributed by atoms with Crippen LogP contribution in [0.15, 0.2) is 12.3 Å². The van der Waals surface area contributed by atoms with Gasteiger partial charge in [-0.25, -0.2) is 13.8 Å². The van der Waals surface area contributed by atoms with Gasteiger partial charge in [0.1, 0.15) is 11.9 Å². The molecule has 5 heteroatoms. The van der Waals surface area contributed by atoms with Crippen LogP contribution in [-0.2, 0) is 6.42 Å². The van der Waals surface area contributed by atoms with Gasteiger partial charge in [0.2, 0.25) is 5.92 Å². The van der Waals surface area contributed by atoms with Crippen LogP contribution in [0.25, 0.3) is 0 Å². The molecular formula is C12H13F2N3. The first-order valence-corrected chi connectivity index (χ1v) is 5.52. The smallest absolute Gasteiger partial charge is 0.248 e. The van der Waals surface area contributed by atoms with Crippen LogP contribution in [0.5, 0.6) is 0 Å². The first-order valence-electron chi connectivity index (χ1n) is 5.52. The fourth-order valence-electron chi connectivity index (χ4n) is 2.31. The van der Waals surface area contributed by atoms with Gasteiger partial charge in [0.05, 0.1) is 5.56 Å². The van der Waals surface area contributed by atoms with Crippen LogP contribution in [0.3, 0.4) is 0 Å². The lowest BCUT2D eigenvalue weighted by Crippen LogP contribution is -2.11. The Bertz CT molecular complexity index is 465. The average molecular weight is 237 g/mol. The van der Waals surface area contributed by atoms with E-state index < -0.39 is 5.92 Å². The minimum Gasteiger partial charge on any atom is -0.384 e.